The molecule has 0 aromatic heterocycles. The number of rotatable bonds is 16. The van der Waals surface area contributed by atoms with Crippen LogP contribution in [-0.2, 0) is 38.5 Å². The van der Waals surface area contributed by atoms with Crippen molar-refractivity contribution in [2.45, 2.75) is 9.79 Å². The highest BCUT2D eigenvalue weighted by atomic mass is 32.2. The van der Waals surface area contributed by atoms with Gasteiger partial charge in [-0.15, -0.1) is 0 Å². The molecule has 0 N–H and O–H groups in total. The number of ether oxygens (including phenoxy) is 6. The zero-order chi connectivity index (χ0) is 38.4. The van der Waals surface area contributed by atoms with Crippen molar-refractivity contribution in [2.75, 3.05) is 13.6 Å². The molecule has 4 aromatic rings. The van der Waals surface area contributed by atoms with Crippen LogP contribution in [0.25, 0.3) is 12.2 Å². The lowest BCUT2D eigenvalue weighted by molar-refractivity contribution is -0.145. The summed E-state index contributed by atoms with van der Waals surface area (Å²) in [5, 5.41) is 0. The minimum absolute atomic E-state index is 0.0166. The molecule has 53 heavy (non-hydrogen) atoms. The zero-order valence-corrected chi connectivity index (χ0v) is 28.3. The van der Waals surface area contributed by atoms with Crippen molar-refractivity contribution >= 4 is 45.9 Å². The molecule has 0 fully saturated rings. The van der Waals surface area contributed by atoms with Gasteiger partial charge < -0.3 is 28.4 Å². The first-order valence-electron chi connectivity index (χ1n) is 15.1. The van der Waals surface area contributed by atoms with E-state index in [1.54, 1.807) is 0 Å². The lowest BCUT2D eigenvalue weighted by Gasteiger charge is -2.08. The summed E-state index contributed by atoms with van der Waals surface area (Å²) >= 11 is 0. The van der Waals surface area contributed by atoms with Crippen LogP contribution in [0, 0.1) is 11.6 Å². The molecule has 0 unspecified atom stereocenters. The van der Waals surface area contributed by atoms with E-state index in [2.05, 4.69) is 22.6 Å². The molecule has 0 heterocycles. The molecule has 0 bridgehead atoms. The summed E-state index contributed by atoms with van der Waals surface area (Å²) in [7, 11) is -4.03. The first-order valence-corrected chi connectivity index (χ1v) is 16.5. The van der Waals surface area contributed by atoms with E-state index in [9.17, 15) is 36.4 Å². The van der Waals surface area contributed by atoms with Gasteiger partial charge in [0.1, 0.15) is 34.6 Å². The van der Waals surface area contributed by atoms with Crippen molar-refractivity contribution in [2.24, 2.45) is 0 Å². The Morgan fingerprint density at radius 2 is 0.906 bits per heavy atom. The molecule has 4 rings (SSSR count). The fourth-order valence-corrected chi connectivity index (χ4v) is 5.28. The Balaban J connectivity index is 1.29. The molecular formula is C38H28F2O12S. The lowest BCUT2D eigenvalue weighted by atomic mass is 10.2. The Hall–Kier alpha value is -6.87. The SMILES string of the molecule is C=CC(=O)OCOc1ccc(C=CC(=O)Oc2ccc(S(=O)(=O)c3ccc(OC(=O)C=Cc4ccc(OCOC(=O)C=C)cc4F)cc3)cc2)c(F)c1. The van der Waals surface area contributed by atoms with Gasteiger partial charge >= 0.3 is 23.9 Å². The summed E-state index contributed by atoms with van der Waals surface area (Å²) in [6, 6.07) is 17.4. The first kappa shape index (κ1) is 38.9. The summed E-state index contributed by atoms with van der Waals surface area (Å²) < 4.78 is 85.0. The summed E-state index contributed by atoms with van der Waals surface area (Å²) in [5.74, 6) is -4.41. The van der Waals surface area contributed by atoms with Crippen LogP contribution in [-0.4, -0.2) is 45.9 Å². The molecule has 0 aliphatic heterocycles. The zero-order valence-electron chi connectivity index (χ0n) is 27.4. The summed E-state index contributed by atoms with van der Waals surface area (Å²) in [6.07, 6.45) is 6.17. The molecule has 0 aliphatic rings. The third kappa shape index (κ3) is 11.6. The highest BCUT2D eigenvalue weighted by molar-refractivity contribution is 7.91. The van der Waals surface area contributed by atoms with E-state index in [1.807, 2.05) is 0 Å². The second kappa shape index (κ2) is 18.4. The van der Waals surface area contributed by atoms with Gasteiger partial charge in [-0.05, 0) is 84.9 Å². The van der Waals surface area contributed by atoms with Crippen molar-refractivity contribution in [3.8, 4) is 23.0 Å². The minimum atomic E-state index is -4.03. The number of sulfone groups is 1. The number of carbonyl (C=O) groups is 4. The molecule has 12 nitrogen and oxygen atoms in total. The summed E-state index contributed by atoms with van der Waals surface area (Å²) in [5.41, 5.74) is 0.0696. The Morgan fingerprint density at radius 1 is 0.547 bits per heavy atom. The molecule has 0 aliphatic carbocycles. The third-order valence-corrected chi connectivity index (χ3v) is 8.42. The topological polar surface area (TPSA) is 158 Å². The maximum absolute atomic E-state index is 14.4. The second-order valence-electron chi connectivity index (χ2n) is 10.2. The van der Waals surface area contributed by atoms with Gasteiger partial charge in [0.05, 0.1) is 9.79 Å². The summed E-state index contributed by atoms with van der Waals surface area (Å²) in [4.78, 5) is 46.4. The van der Waals surface area contributed by atoms with Gasteiger partial charge in [0.15, 0.2) is 0 Å². The smallest absolute Gasteiger partial charge is 0.336 e. The normalized spacial score (nSPS) is 11.1. The van der Waals surface area contributed by atoms with Crippen LogP contribution in [0.5, 0.6) is 23.0 Å². The number of halogens is 2. The molecule has 272 valence electrons. The van der Waals surface area contributed by atoms with E-state index in [4.69, 9.17) is 18.9 Å². The molecule has 0 atom stereocenters. The number of hydrogen-bond acceptors (Lipinski definition) is 12. The molecule has 0 amide bonds. The Labute approximate surface area is 301 Å². The highest BCUT2D eigenvalue weighted by Gasteiger charge is 2.18. The molecular weight excluding hydrogens is 718 g/mol. The van der Waals surface area contributed by atoms with E-state index < -0.39 is 58.9 Å². The van der Waals surface area contributed by atoms with Crippen LogP contribution in [0.3, 0.4) is 0 Å². The Bertz CT molecular complexity index is 2030. The predicted octanol–water partition coefficient (Wildman–Crippen LogP) is 6.17. The molecule has 0 spiro atoms. The fraction of sp³-hybridized carbons (Fsp3) is 0.0526. The predicted molar refractivity (Wildman–Crippen MR) is 184 cm³/mol. The minimum Gasteiger partial charge on any atom is -0.457 e. The monoisotopic (exact) mass is 746 g/mol. The molecule has 0 saturated heterocycles. The van der Waals surface area contributed by atoms with Crippen molar-refractivity contribution in [1.82, 2.24) is 0 Å². The van der Waals surface area contributed by atoms with E-state index >= 15 is 0 Å². The Morgan fingerprint density at radius 3 is 1.25 bits per heavy atom. The lowest BCUT2D eigenvalue weighted by Crippen LogP contribution is -2.07. The van der Waals surface area contributed by atoms with Crippen molar-refractivity contribution in [3.05, 3.63) is 145 Å². The number of carbonyl (C=O) groups excluding carboxylic acids is 4. The number of benzene rings is 4. The maximum atomic E-state index is 14.4. The van der Waals surface area contributed by atoms with Crippen LogP contribution in [0.1, 0.15) is 11.1 Å². The highest BCUT2D eigenvalue weighted by Crippen LogP contribution is 2.26. The molecule has 0 saturated carbocycles. The third-order valence-electron chi connectivity index (χ3n) is 6.63. The van der Waals surface area contributed by atoms with E-state index in [0.29, 0.717) is 0 Å². The largest absolute Gasteiger partial charge is 0.457 e. The van der Waals surface area contributed by atoms with Gasteiger partial charge in [-0.25, -0.2) is 36.4 Å². The average molecular weight is 747 g/mol. The molecule has 15 heteroatoms. The maximum Gasteiger partial charge on any atom is 0.336 e. The van der Waals surface area contributed by atoms with Crippen molar-refractivity contribution in [1.29, 1.82) is 0 Å². The fourth-order valence-electron chi connectivity index (χ4n) is 4.02. The van der Waals surface area contributed by atoms with Crippen molar-refractivity contribution in [3.63, 3.8) is 0 Å². The molecule has 0 radical (unpaired) electrons. The van der Waals surface area contributed by atoms with Crippen LogP contribution in [0.15, 0.2) is 132 Å². The standard InChI is InChI=1S/C38H28F2O12S/c1-3-35(41)49-23-47-29-9-5-25(33(39)21-29)7-19-37(43)51-27-11-15-31(16-12-27)53(45,46)32-17-13-28(14-18-32)52-38(44)20-8-26-6-10-30(22-34(26)40)48-24-50-36(42)4-2/h3-22H,1-2,23-24H2. The van der Waals surface area contributed by atoms with Crippen molar-refractivity contribution < 1.29 is 64.8 Å². The van der Waals surface area contributed by atoms with Crippen LogP contribution in [0.4, 0.5) is 8.78 Å². The Kier molecular flexibility index (Phi) is 13.5. The first-order chi connectivity index (χ1) is 25.4. The average Bonchev–Trinajstić information content (AvgIpc) is 3.14. The number of hydrogen-bond donors (Lipinski definition) is 0. The van der Waals surface area contributed by atoms with E-state index in [0.717, 1.165) is 36.4 Å². The van der Waals surface area contributed by atoms with Gasteiger partial charge in [-0.1, -0.05) is 13.2 Å². The molecule has 4 aromatic carbocycles. The van der Waals surface area contributed by atoms with Gasteiger partial charge in [-0.2, -0.15) is 0 Å². The van der Waals surface area contributed by atoms with E-state index in [1.165, 1.54) is 84.9 Å². The van der Waals surface area contributed by atoms with E-state index in [-0.39, 0.29) is 43.9 Å². The van der Waals surface area contributed by atoms with Crippen LogP contribution < -0.4 is 18.9 Å². The van der Waals surface area contributed by atoms with Gasteiger partial charge in [-0.3, -0.25) is 0 Å². The van der Waals surface area contributed by atoms with Gasteiger partial charge in [0.2, 0.25) is 23.4 Å². The quantitative estimate of drug-likeness (QED) is 0.0557. The van der Waals surface area contributed by atoms with Gasteiger partial charge in [0, 0.05) is 47.6 Å². The second-order valence-corrected chi connectivity index (χ2v) is 12.1. The summed E-state index contributed by atoms with van der Waals surface area (Å²) in [6.45, 7) is 5.58. The number of esters is 4. The van der Waals surface area contributed by atoms with Gasteiger partial charge in [0.25, 0.3) is 0 Å². The van der Waals surface area contributed by atoms with Crippen LogP contribution >= 0.6 is 0 Å². The van der Waals surface area contributed by atoms with Crippen LogP contribution in [0.2, 0.25) is 0 Å².